The first-order chi connectivity index (χ1) is 10.0. The smallest absolute Gasteiger partial charge is 0.118 e. The van der Waals surface area contributed by atoms with Gasteiger partial charge in [0.2, 0.25) is 0 Å². The van der Waals surface area contributed by atoms with Gasteiger partial charge in [-0.1, -0.05) is 41.9 Å². The fourth-order valence-electron chi connectivity index (χ4n) is 2.19. The minimum atomic E-state index is 0.488. The normalized spacial score (nSPS) is 11.5. The van der Waals surface area contributed by atoms with Crippen LogP contribution in [0.3, 0.4) is 0 Å². The molecule has 3 nitrogen and oxygen atoms in total. The SMILES string of the molecule is CC(C)NCc1coc(CN(C)Cc2cccc(Br)c2)c1. The summed E-state index contributed by atoms with van der Waals surface area (Å²) in [5, 5.41) is 3.40. The van der Waals surface area contributed by atoms with E-state index in [1.807, 2.05) is 12.3 Å². The third-order valence-corrected chi connectivity index (χ3v) is 3.68. The number of rotatable bonds is 7. The molecule has 0 aliphatic carbocycles. The van der Waals surface area contributed by atoms with Crippen molar-refractivity contribution in [3.63, 3.8) is 0 Å². The zero-order chi connectivity index (χ0) is 15.2. The lowest BCUT2D eigenvalue weighted by Crippen LogP contribution is -2.21. The van der Waals surface area contributed by atoms with Crippen LogP contribution in [-0.4, -0.2) is 18.0 Å². The highest BCUT2D eigenvalue weighted by Gasteiger charge is 2.07. The highest BCUT2D eigenvalue weighted by atomic mass is 79.9. The predicted molar refractivity (Wildman–Crippen MR) is 90.0 cm³/mol. The van der Waals surface area contributed by atoms with E-state index < -0.39 is 0 Å². The summed E-state index contributed by atoms with van der Waals surface area (Å²) >= 11 is 3.51. The third-order valence-electron chi connectivity index (χ3n) is 3.19. The third kappa shape index (κ3) is 5.65. The van der Waals surface area contributed by atoms with E-state index in [2.05, 4.69) is 71.3 Å². The molecule has 0 spiro atoms. The molecular weight excluding hydrogens is 328 g/mol. The fraction of sp³-hybridized carbons (Fsp3) is 0.412. The Balaban J connectivity index is 1.86. The number of halogens is 1. The Kier molecular flexibility index (Phi) is 6.03. The highest BCUT2D eigenvalue weighted by Crippen LogP contribution is 2.15. The standard InChI is InChI=1S/C17H23BrN2O/c1-13(2)19-9-15-8-17(21-12-15)11-20(3)10-14-5-4-6-16(18)7-14/h4-8,12-13,19H,9-11H2,1-3H3. The maximum Gasteiger partial charge on any atom is 0.118 e. The van der Waals surface area contributed by atoms with Crippen LogP contribution in [-0.2, 0) is 19.6 Å². The fourth-order valence-corrected chi connectivity index (χ4v) is 2.64. The summed E-state index contributed by atoms with van der Waals surface area (Å²) in [6.45, 7) is 6.87. The molecule has 0 unspecified atom stereocenters. The summed E-state index contributed by atoms with van der Waals surface area (Å²) < 4.78 is 6.76. The average molecular weight is 351 g/mol. The molecule has 0 aliphatic heterocycles. The van der Waals surface area contributed by atoms with E-state index in [-0.39, 0.29) is 0 Å². The summed E-state index contributed by atoms with van der Waals surface area (Å²) in [5.41, 5.74) is 2.50. The average Bonchev–Trinajstić information content (AvgIpc) is 2.83. The Hall–Kier alpha value is -1.10. The van der Waals surface area contributed by atoms with Crippen LogP contribution in [0.1, 0.15) is 30.7 Å². The van der Waals surface area contributed by atoms with Gasteiger partial charge < -0.3 is 9.73 Å². The van der Waals surface area contributed by atoms with Crippen molar-refractivity contribution in [1.82, 2.24) is 10.2 Å². The van der Waals surface area contributed by atoms with Gasteiger partial charge in [0.25, 0.3) is 0 Å². The van der Waals surface area contributed by atoms with Crippen molar-refractivity contribution in [2.45, 2.75) is 39.5 Å². The molecule has 0 bridgehead atoms. The van der Waals surface area contributed by atoms with E-state index in [9.17, 15) is 0 Å². The van der Waals surface area contributed by atoms with Crippen molar-refractivity contribution in [2.24, 2.45) is 0 Å². The van der Waals surface area contributed by atoms with E-state index in [0.29, 0.717) is 6.04 Å². The topological polar surface area (TPSA) is 28.4 Å². The van der Waals surface area contributed by atoms with Gasteiger partial charge in [0, 0.05) is 29.2 Å². The Morgan fingerprint density at radius 2 is 2.00 bits per heavy atom. The predicted octanol–water partition coefficient (Wildman–Crippen LogP) is 4.17. The van der Waals surface area contributed by atoms with Crippen molar-refractivity contribution in [3.05, 3.63) is 58.0 Å². The van der Waals surface area contributed by atoms with E-state index in [0.717, 1.165) is 29.9 Å². The molecule has 0 aliphatic rings. The van der Waals surface area contributed by atoms with E-state index >= 15 is 0 Å². The van der Waals surface area contributed by atoms with E-state index in [1.165, 1.54) is 11.1 Å². The molecule has 4 heteroatoms. The molecule has 0 radical (unpaired) electrons. The molecule has 0 saturated carbocycles. The van der Waals surface area contributed by atoms with Crippen molar-refractivity contribution in [3.8, 4) is 0 Å². The molecule has 2 aromatic rings. The Morgan fingerprint density at radius 3 is 2.71 bits per heavy atom. The van der Waals surface area contributed by atoms with Crippen molar-refractivity contribution < 1.29 is 4.42 Å². The maximum absolute atomic E-state index is 5.64. The van der Waals surface area contributed by atoms with Crippen LogP contribution in [0.4, 0.5) is 0 Å². The Morgan fingerprint density at radius 1 is 1.19 bits per heavy atom. The van der Waals surface area contributed by atoms with E-state index in [4.69, 9.17) is 4.42 Å². The van der Waals surface area contributed by atoms with Crippen molar-refractivity contribution >= 4 is 15.9 Å². The van der Waals surface area contributed by atoms with Gasteiger partial charge >= 0.3 is 0 Å². The lowest BCUT2D eigenvalue weighted by molar-refractivity contribution is 0.288. The van der Waals surface area contributed by atoms with E-state index in [1.54, 1.807) is 0 Å². The van der Waals surface area contributed by atoms with Gasteiger partial charge in [-0.05, 0) is 30.8 Å². The highest BCUT2D eigenvalue weighted by molar-refractivity contribution is 9.10. The molecule has 0 fully saturated rings. The van der Waals surface area contributed by atoms with Gasteiger partial charge in [-0.3, -0.25) is 4.90 Å². The van der Waals surface area contributed by atoms with Gasteiger partial charge in [0.15, 0.2) is 0 Å². The van der Waals surface area contributed by atoms with Crippen LogP contribution < -0.4 is 5.32 Å². The number of furan rings is 1. The monoisotopic (exact) mass is 350 g/mol. The summed E-state index contributed by atoms with van der Waals surface area (Å²) in [4.78, 5) is 2.25. The van der Waals surface area contributed by atoms with Crippen molar-refractivity contribution in [2.75, 3.05) is 7.05 Å². The summed E-state index contributed by atoms with van der Waals surface area (Å²) in [7, 11) is 2.11. The first kappa shape index (κ1) is 16.3. The minimum absolute atomic E-state index is 0.488. The Bertz CT molecular complexity index is 565. The van der Waals surface area contributed by atoms with Crippen LogP contribution in [0.2, 0.25) is 0 Å². The lowest BCUT2D eigenvalue weighted by Gasteiger charge is -2.15. The molecule has 21 heavy (non-hydrogen) atoms. The number of hydrogen-bond donors (Lipinski definition) is 1. The van der Waals surface area contributed by atoms with Gasteiger partial charge in [0.05, 0.1) is 12.8 Å². The van der Waals surface area contributed by atoms with Crippen molar-refractivity contribution in [1.29, 1.82) is 0 Å². The second-order valence-corrected chi connectivity index (χ2v) is 6.67. The summed E-state index contributed by atoms with van der Waals surface area (Å²) in [5.74, 6) is 1.01. The van der Waals surface area contributed by atoms with Gasteiger partial charge in [-0.2, -0.15) is 0 Å². The maximum atomic E-state index is 5.64. The Labute approximate surface area is 135 Å². The molecule has 0 atom stereocenters. The number of hydrogen-bond acceptors (Lipinski definition) is 3. The zero-order valence-electron chi connectivity index (χ0n) is 12.9. The summed E-state index contributed by atoms with van der Waals surface area (Å²) in [6.07, 6.45) is 1.84. The number of nitrogens with one attached hydrogen (secondary N) is 1. The van der Waals surface area contributed by atoms with Crippen LogP contribution >= 0.6 is 15.9 Å². The first-order valence-corrected chi connectivity index (χ1v) is 8.05. The lowest BCUT2D eigenvalue weighted by atomic mass is 10.2. The molecule has 114 valence electrons. The summed E-state index contributed by atoms with van der Waals surface area (Å²) in [6, 6.07) is 11.0. The van der Waals surface area contributed by atoms with Gasteiger partial charge in [0.1, 0.15) is 5.76 Å². The van der Waals surface area contributed by atoms with Crippen LogP contribution in [0, 0.1) is 0 Å². The second-order valence-electron chi connectivity index (χ2n) is 5.76. The van der Waals surface area contributed by atoms with Crippen LogP contribution in [0.25, 0.3) is 0 Å². The largest absolute Gasteiger partial charge is 0.468 e. The molecule has 0 saturated heterocycles. The molecule has 0 amide bonds. The molecule has 1 aromatic heterocycles. The molecule has 1 aromatic carbocycles. The first-order valence-electron chi connectivity index (χ1n) is 7.25. The number of benzene rings is 1. The van der Waals surface area contributed by atoms with Crippen LogP contribution in [0.15, 0.2) is 45.5 Å². The second kappa shape index (κ2) is 7.78. The molecule has 1 N–H and O–H groups in total. The van der Waals surface area contributed by atoms with Crippen LogP contribution in [0.5, 0.6) is 0 Å². The number of nitrogens with zero attached hydrogens (tertiary/aromatic N) is 1. The quantitative estimate of drug-likeness (QED) is 0.812. The molecule has 1 heterocycles. The zero-order valence-corrected chi connectivity index (χ0v) is 14.5. The van der Waals surface area contributed by atoms with Gasteiger partial charge in [-0.25, -0.2) is 0 Å². The molecular formula is C17H23BrN2O. The van der Waals surface area contributed by atoms with Gasteiger partial charge in [-0.15, -0.1) is 0 Å². The molecule has 2 rings (SSSR count). The minimum Gasteiger partial charge on any atom is -0.468 e.